The third-order valence-corrected chi connectivity index (χ3v) is 2.75. The van der Waals surface area contributed by atoms with Crippen molar-refractivity contribution in [3.05, 3.63) is 4.77 Å². The number of rotatable bonds is 1. The lowest BCUT2D eigenvalue weighted by Crippen LogP contribution is -2.17. The van der Waals surface area contributed by atoms with Crippen LogP contribution in [0.1, 0.15) is 12.5 Å². The number of hydrogen-bond acceptors (Lipinski definition) is 4. The zero-order valence-corrected chi connectivity index (χ0v) is 8.34. The Bertz CT molecular complexity index is 354. The summed E-state index contributed by atoms with van der Waals surface area (Å²) in [6, 6.07) is 0.385. The van der Waals surface area contributed by atoms with E-state index in [1.807, 2.05) is 4.57 Å². The Morgan fingerprint density at radius 2 is 2.46 bits per heavy atom. The van der Waals surface area contributed by atoms with Crippen LogP contribution in [0, 0.1) is 4.77 Å². The molecule has 72 valence electrons. The van der Waals surface area contributed by atoms with Crippen LogP contribution in [0.4, 0.5) is 5.95 Å². The first-order valence-electron chi connectivity index (χ1n) is 4.29. The van der Waals surface area contributed by atoms with Gasteiger partial charge in [0.25, 0.3) is 0 Å². The van der Waals surface area contributed by atoms with Crippen molar-refractivity contribution in [1.29, 1.82) is 0 Å². The number of nitrogens with zero attached hydrogens (tertiary/aromatic N) is 3. The lowest BCUT2D eigenvalue weighted by atomic mass is 10.3. The second-order valence-corrected chi connectivity index (χ2v) is 3.85. The van der Waals surface area contributed by atoms with E-state index in [2.05, 4.69) is 22.1 Å². The van der Waals surface area contributed by atoms with Gasteiger partial charge in [0.2, 0.25) is 5.95 Å². The molecule has 1 saturated heterocycles. The molecule has 0 aromatic carbocycles. The number of nitrogens with two attached hydrogens (primary N) is 1. The van der Waals surface area contributed by atoms with Gasteiger partial charge in [0.05, 0.1) is 6.04 Å². The fourth-order valence-electron chi connectivity index (χ4n) is 1.79. The van der Waals surface area contributed by atoms with Gasteiger partial charge in [0, 0.05) is 6.54 Å². The molecule has 2 heterocycles. The maximum Gasteiger partial charge on any atom is 0.220 e. The highest BCUT2D eigenvalue weighted by molar-refractivity contribution is 7.71. The van der Waals surface area contributed by atoms with Gasteiger partial charge in [-0.1, -0.05) is 0 Å². The van der Waals surface area contributed by atoms with E-state index >= 15 is 0 Å². The number of aromatic nitrogens is 3. The number of likely N-dealkylation sites (tertiary alicyclic amines) is 1. The van der Waals surface area contributed by atoms with Gasteiger partial charge >= 0.3 is 0 Å². The van der Waals surface area contributed by atoms with Crippen LogP contribution in [0.2, 0.25) is 0 Å². The van der Waals surface area contributed by atoms with Gasteiger partial charge in [-0.3, -0.25) is 4.57 Å². The fraction of sp³-hybridized carbons (Fsp3) is 0.714. The summed E-state index contributed by atoms with van der Waals surface area (Å²) >= 11 is 5.09. The summed E-state index contributed by atoms with van der Waals surface area (Å²) in [4.78, 5) is 2.26. The lowest BCUT2D eigenvalue weighted by Gasteiger charge is -2.12. The van der Waals surface area contributed by atoms with Gasteiger partial charge in [-0.25, -0.2) is 5.10 Å². The molecule has 1 aromatic rings. The number of likely N-dealkylation sites (N-methyl/N-ethyl adjacent to an activating group) is 1. The molecule has 0 radical (unpaired) electrons. The smallest absolute Gasteiger partial charge is 0.220 e. The molecule has 1 aliphatic heterocycles. The van der Waals surface area contributed by atoms with E-state index in [1.54, 1.807) is 0 Å². The third-order valence-electron chi connectivity index (χ3n) is 2.46. The molecule has 0 spiro atoms. The topological polar surface area (TPSA) is 62.9 Å². The van der Waals surface area contributed by atoms with E-state index in [0.29, 0.717) is 16.8 Å². The van der Waals surface area contributed by atoms with Crippen LogP contribution in [0.15, 0.2) is 0 Å². The average molecular weight is 199 g/mol. The Kier molecular flexibility index (Phi) is 2.09. The van der Waals surface area contributed by atoms with Crippen molar-refractivity contribution in [3.63, 3.8) is 0 Å². The van der Waals surface area contributed by atoms with Crippen molar-refractivity contribution in [2.45, 2.75) is 12.5 Å². The highest BCUT2D eigenvalue weighted by atomic mass is 32.1. The molecular weight excluding hydrogens is 186 g/mol. The largest absolute Gasteiger partial charge is 0.368 e. The number of aromatic amines is 1. The minimum atomic E-state index is 0.385. The maximum atomic E-state index is 5.70. The van der Waals surface area contributed by atoms with Crippen molar-refractivity contribution in [2.24, 2.45) is 0 Å². The summed E-state index contributed by atoms with van der Waals surface area (Å²) in [6.45, 7) is 2.09. The van der Waals surface area contributed by atoms with Crippen LogP contribution in [0.3, 0.4) is 0 Å². The summed E-state index contributed by atoms with van der Waals surface area (Å²) < 4.78 is 2.52. The van der Waals surface area contributed by atoms with Gasteiger partial charge in [-0.2, -0.15) is 0 Å². The normalized spacial score (nSPS) is 23.9. The van der Waals surface area contributed by atoms with Crippen molar-refractivity contribution in [1.82, 2.24) is 19.7 Å². The summed E-state index contributed by atoms with van der Waals surface area (Å²) in [7, 11) is 2.10. The molecule has 0 saturated carbocycles. The second kappa shape index (κ2) is 3.12. The molecule has 1 fully saturated rings. The Morgan fingerprint density at radius 1 is 1.69 bits per heavy atom. The maximum absolute atomic E-state index is 5.70. The van der Waals surface area contributed by atoms with E-state index in [4.69, 9.17) is 18.0 Å². The van der Waals surface area contributed by atoms with Crippen LogP contribution in [-0.2, 0) is 0 Å². The van der Waals surface area contributed by atoms with E-state index in [-0.39, 0.29) is 0 Å². The molecule has 13 heavy (non-hydrogen) atoms. The molecule has 0 amide bonds. The van der Waals surface area contributed by atoms with Crippen molar-refractivity contribution < 1.29 is 0 Å². The summed E-state index contributed by atoms with van der Waals surface area (Å²) in [5.41, 5.74) is 5.70. The molecule has 6 heteroatoms. The van der Waals surface area contributed by atoms with Gasteiger partial charge in [-0.15, -0.1) is 5.10 Å². The first-order chi connectivity index (χ1) is 6.18. The number of nitrogens with one attached hydrogen (secondary N) is 1. The quantitative estimate of drug-likeness (QED) is 0.643. The SMILES string of the molecule is CN1CCC(n2c(N)n[nH]c2=S)C1. The minimum Gasteiger partial charge on any atom is -0.368 e. The second-order valence-electron chi connectivity index (χ2n) is 3.46. The minimum absolute atomic E-state index is 0.385. The third kappa shape index (κ3) is 1.47. The van der Waals surface area contributed by atoms with Gasteiger partial charge < -0.3 is 10.6 Å². The van der Waals surface area contributed by atoms with Crippen molar-refractivity contribution in [2.75, 3.05) is 25.9 Å². The average Bonchev–Trinajstić information content (AvgIpc) is 2.60. The standard InChI is InChI=1S/C7H13N5S/c1-11-3-2-5(4-11)12-6(8)9-10-7(12)13/h5H,2-4H2,1H3,(H2,8,9)(H,10,13). The molecule has 1 aromatic heterocycles. The Balaban J connectivity index is 2.30. The molecular formula is C7H13N5S. The van der Waals surface area contributed by atoms with Crippen LogP contribution in [0.5, 0.6) is 0 Å². The van der Waals surface area contributed by atoms with Crippen LogP contribution < -0.4 is 5.73 Å². The van der Waals surface area contributed by atoms with Gasteiger partial charge in [0.1, 0.15) is 0 Å². The molecule has 0 bridgehead atoms. The van der Waals surface area contributed by atoms with Crippen molar-refractivity contribution >= 4 is 18.2 Å². The van der Waals surface area contributed by atoms with E-state index in [0.717, 1.165) is 19.5 Å². The van der Waals surface area contributed by atoms with Crippen LogP contribution in [0.25, 0.3) is 0 Å². The number of H-pyrrole nitrogens is 1. The summed E-state index contributed by atoms with van der Waals surface area (Å²) in [5, 5.41) is 6.59. The Morgan fingerprint density at radius 3 is 2.92 bits per heavy atom. The highest BCUT2D eigenvalue weighted by Crippen LogP contribution is 2.22. The first kappa shape index (κ1) is 8.71. The fourth-order valence-corrected chi connectivity index (χ4v) is 2.08. The molecule has 5 nitrogen and oxygen atoms in total. The summed E-state index contributed by atoms with van der Waals surface area (Å²) in [5.74, 6) is 0.491. The molecule has 1 unspecified atom stereocenters. The number of anilines is 1. The predicted octanol–water partition coefficient (Wildman–Crippen LogP) is 0.399. The molecule has 0 aliphatic carbocycles. The Hall–Kier alpha value is -0.880. The van der Waals surface area contributed by atoms with E-state index < -0.39 is 0 Å². The Labute approximate surface area is 81.5 Å². The lowest BCUT2D eigenvalue weighted by molar-refractivity contribution is 0.392. The molecule has 1 atom stereocenters. The van der Waals surface area contributed by atoms with Crippen LogP contribution in [-0.4, -0.2) is 39.8 Å². The molecule has 2 rings (SSSR count). The highest BCUT2D eigenvalue weighted by Gasteiger charge is 2.23. The molecule has 3 N–H and O–H groups in total. The number of hydrogen-bond donors (Lipinski definition) is 2. The first-order valence-corrected chi connectivity index (χ1v) is 4.70. The monoisotopic (exact) mass is 199 g/mol. The zero-order chi connectivity index (χ0) is 9.42. The van der Waals surface area contributed by atoms with E-state index in [1.165, 1.54) is 0 Å². The van der Waals surface area contributed by atoms with E-state index in [9.17, 15) is 0 Å². The van der Waals surface area contributed by atoms with Gasteiger partial charge in [-0.05, 0) is 32.2 Å². The molecule has 1 aliphatic rings. The van der Waals surface area contributed by atoms with Crippen LogP contribution >= 0.6 is 12.2 Å². The van der Waals surface area contributed by atoms with Crippen molar-refractivity contribution in [3.8, 4) is 0 Å². The predicted molar refractivity (Wildman–Crippen MR) is 53.0 cm³/mol. The zero-order valence-electron chi connectivity index (χ0n) is 7.53. The van der Waals surface area contributed by atoms with Gasteiger partial charge in [0.15, 0.2) is 4.77 Å². The summed E-state index contributed by atoms with van der Waals surface area (Å²) in [6.07, 6.45) is 1.09. The number of nitrogen functional groups attached to an aromatic ring is 1.